The summed E-state index contributed by atoms with van der Waals surface area (Å²) in [4.78, 5) is 229. The largest absolute Gasteiger partial charge is 0.467 e. The fourth-order valence-electron chi connectivity index (χ4n) is 8.02. The molecule has 560 valence electrons. The fourth-order valence-corrected chi connectivity index (χ4v) is 17.2. The molecule has 0 saturated carbocycles. The third kappa shape index (κ3) is 26.9. The summed E-state index contributed by atoms with van der Waals surface area (Å²) in [6.07, 6.45) is 0. The highest BCUT2D eigenvalue weighted by Gasteiger charge is 2.33. The number of nitrogens with one attached hydrogen (secondary N) is 8. The van der Waals surface area contributed by atoms with Crippen molar-refractivity contribution in [2.24, 2.45) is 0 Å². The Morgan fingerprint density at radius 3 is 0.442 bits per heavy atom. The van der Waals surface area contributed by atoms with Gasteiger partial charge < -0.3 is 80.4 Å². The molecule has 0 fully saturated rings. The van der Waals surface area contributed by atoms with Crippen LogP contribution in [0.15, 0.2) is 72.8 Å². The Balaban J connectivity index is 1.39. The third-order valence-corrected chi connectivity index (χ3v) is 23.1. The van der Waals surface area contributed by atoms with Crippen molar-refractivity contribution in [2.45, 2.75) is 48.3 Å². The van der Waals surface area contributed by atoms with Gasteiger partial charge in [0.15, 0.2) is 0 Å². The lowest BCUT2D eigenvalue weighted by molar-refractivity contribution is -0.143. The summed E-state index contributed by atoms with van der Waals surface area (Å²) >= 11 is 0. The molecule has 0 aliphatic carbocycles. The number of hydrogen-bond donors (Lipinski definition) is 8. The van der Waals surface area contributed by atoms with Crippen molar-refractivity contribution in [3.8, 4) is 0 Å². The molecule has 4 aromatic rings. The molecule has 0 spiro atoms. The Morgan fingerprint density at radius 1 is 0.240 bits per heavy atom. The average Bonchev–Trinajstić information content (AvgIpc) is 0.862. The molecule has 4 aromatic heterocycles. The Hall–Kier alpha value is -9.08. The van der Waals surface area contributed by atoms with E-state index < -0.39 is 143 Å². The summed E-state index contributed by atoms with van der Waals surface area (Å²) in [7, 11) is 16.2. The van der Waals surface area contributed by atoms with Crippen molar-refractivity contribution in [3.05, 3.63) is 118 Å². The zero-order valence-electron chi connectivity index (χ0n) is 56.1. The van der Waals surface area contributed by atoms with Gasteiger partial charge in [-0.25, -0.2) is 58.3 Å². The summed E-state index contributed by atoms with van der Waals surface area (Å²) in [5.41, 5.74) is -2.83. The van der Waals surface area contributed by atoms with Crippen molar-refractivity contribution in [1.82, 2.24) is 62.5 Å². The van der Waals surface area contributed by atoms with Crippen molar-refractivity contribution in [2.75, 3.05) is 103 Å². The minimum absolute atomic E-state index is 0.200. The number of fused-ring (bicyclic) bond motifs is 8. The quantitative estimate of drug-likeness (QED) is 0.0658. The second-order valence-electron chi connectivity index (χ2n) is 20.3. The molecule has 5 rings (SSSR count). The van der Waals surface area contributed by atoms with Gasteiger partial charge >= 0.3 is 47.8 Å². The van der Waals surface area contributed by atoms with E-state index in [1.807, 2.05) is 0 Å². The molecular weight excluding hydrogens is 1530 g/mol. The zero-order valence-corrected chi connectivity index (χ0v) is 62.6. The maximum absolute atomic E-state index is 13.6. The first-order chi connectivity index (χ1) is 49.8. The van der Waals surface area contributed by atoms with Gasteiger partial charge in [-0.1, -0.05) is 111 Å². The van der Waals surface area contributed by atoms with Gasteiger partial charge in [-0.05, 0) is 48.5 Å². The lowest BCUT2D eigenvalue weighted by atomic mass is 10.2. The van der Waals surface area contributed by atoms with Crippen LogP contribution in [0.25, 0.3) is 0 Å². The van der Waals surface area contributed by atoms with Crippen LogP contribution in [-0.2, 0) is 76.3 Å². The minimum atomic E-state index is -1.36. The van der Waals surface area contributed by atoms with Gasteiger partial charge in [-0.3, -0.25) is 38.4 Å². The van der Waals surface area contributed by atoms with Crippen LogP contribution >= 0.6 is 86.4 Å². The van der Waals surface area contributed by atoms with Crippen molar-refractivity contribution >= 4 is 181 Å². The first-order valence-electron chi connectivity index (χ1n) is 29.8. The molecule has 1 aliphatic heterocycles. The lowest BCUT2D eigenvalue weighted by Crippen LogP contribution is -2.45. The number of nitrogens with zero attached hydrogens (tertiary/aromatic N) is 4. The highest BCUT2D eigenvalue weighted by atomic mass is 33.1. The summed E-state index contributed by atoms with van der Waals surface area (Å²) < 4.78 is 39.2. The molecule has 5 heterocycles. The standard InChI is InChI=1S/C60H68N12O24S8/c1-89-53(81)37-21-97-98-22-38(54(82)90-2)66-47(75)31-15-10-16-32(62-31)48(76)68-41(57(85)93-5)25-101-102-26-42(58(86)94-6)70-51(79)35-19-12-20-36(64-35)52(80)72-44(60(88)96-8)28-104-103-27-43(59(87)95-7)71-50(78)34-18-11-17-33(63-34)49(77)69-40(56(84)92-4)24-100-99-23-39(55(83)91-3)67-46(74)30-14-9-13-29(61-30)45(73)65-37/h9-20,37-44H,21-28H2,1-8H3,(H,65,73)(H,66,75)(H,67,74)(H,68,76)(H,69,77)(H,70,79)(H,71,78)(H,72,80)/t37-,38-,39-,40-,41-,42-,43-,44-/m0/s1. The summed E-state index contributed by atoms with van der Waals surface area (Å²) in [5.74, 6) is -16.4. The number of methoxy groups -OCH3 is 8. The molecule has 44 heteroatoms. The molecule has 8 atom stereocenters. The Kier molecular flexibility index (Phi) is 36.7. The number of esters is 8. The van der Waals surface area contributed by atoms with Crippen LogP contribution < -0.4 is 42.5 Å². The van der Waals surface area contributed by atoms with E-state index in [1.54, 1.807) is 0 Å². The van der Waals surface area contributed by atoms with E-state index in [0.717, 1.165) is 143 Å². The molecule has 0 radical (unpaired) electrons. The summed E-state index contributed by atoms with van der Waals surface area (Å²) in [6.45, 7) is 0. The molecule has 0 saturated heterocycles. The predicted molar refractivity (Wildman–Crippen MR) is 383 cm³/mol. The van der Waals surface area contributed by atoms with Crippen LogP contribution in [0.2, 0.25) is 0 Å². The number of rotatable bonds is 8. The van der Waals surface area contributed by atoms with E-state index in [-0.39, 0.29) is 91.6 Å². The smallest absolute Gasteiger partial charge is 0.329 e. The van der Waals surface area contributed by atoms with E-state index in [0.29, 0.717) is 0 Å². The maximum Gasteiger partial charge on any atom is 0.329 e. The fraction of sp³-hybridized carbons (Fsp3) is 0.400. The molecule has 36 nitrogen and oxygen atoms in total. The zero-order chi connectivity index (χ0) is 76.4. The topological polar surface area (TPSA) is 495 Å². The average molecular weight is 1600 g/mol. The molecule has 0 unspecified atom stereocenters. The first kappa shape index (κ1) is 85.6. The summed E-state index contributed by atoms with van der Waals surface area (Å²) in [6, 6.07) is 4.14. The highest BCUT2D eigenvalue weighted by molar-refractivity contribution is 8.77. The number of carbonyl (C=O) groups is 16. The van der Waals surface area contributed by atoms with Crippen LogP contribution in [0, 0.1) is 0 Å². The Bertz CT molecular complexity index is 3110. The van der Waals surface area contributed by atoms with E-state index in [9.17, 15) is 76.7 Å². The van der Waals surface area contributed by atoms with Gasteiger partial charge in [0, 0.05) is 46.0 Å². The lowest BCUT2D eigenvalue weighted by Gasteiger charge is -2.19. The van der Waals surface area contributed by atoms with Crippen LogP contribution in [0.5, 0.6) is 0 Å². The van der Waals surface area contributed by atoms with Crippen molar-refractivity contribution in [3.63, 3.8) is 0 Å². The molecule has 8 amide bonds. The van der Waals surface area contributed by atoms with Crippen LogP contribution in [-0.4, -0.2) is 266 Å². The third-order valence-electron chi connectivity index (χ3n) is 13.4. The van der Waals surface area contributed by atoms with Crippen LogP contribution in [0.3, 0.4) is 0 Å². The van der Waals surface area contributed by atoms with Crippen LogP contribution in [0.4, 0.5) is 0 Å². The van der Waals surface area contributed by atoms with Gasteiger partial charge in [0.2, 0.25) is 0 Å². The monoisotopic (exact) mass is 1600 g/mol. The molecule has 104 heavy (non-hydrogen) atoms. The SMILES string of the molecule is COC(=O)[C@@H]1CSSC[C@@H](C(=O)OC)NC(=O)c2cccc(n2)C(=O)N[C@H](C(=O)OC)CSSC[C@@H](C(=O)OC)NC(=O)c2cccc(n2)C(=O)N[C@H](C(=O)OC)CSSC[C@@H](C(=O)OC)NC(=O)c2cccc(n2)C(=O)N[C@H](C(=O)OC)CSSC[C@@H](C(=O)OC)NC(=O)c2cccc(n2)C(=O)N1. The maximum atomic E-state index is 13.6. The van der Waals surface area contributed by atoms with E-state index in [4.69, 9.17) is 37.9 Å². The normalized spacial score (nSPS) is 21.2. The molecule has 8 bridgehead atoms. The first-order valence-corrected chi connectivity index (χ1v) is 39.7. The highest BCUT2D eigenvalue weighted by Crippen LogP contribution is 2.28. The number of carbonyl (C=O) groups excluding carboxylic acids is 16. The van der Waals surface area contributed by atoms with E-state index in [2.05, 4.69) is 62.5 Å². The number of aromatic nitrogens is 4. The number of hydrogen-bond acceptors (Lipinski definition) is 36. The van der Waals surface area contributed by atoms with Gasteiger partial charge in [-0.15, -0.1) is 0 Å². The Morgan fingerprint density at radius 2 is 0.346 bits per heavy atom. The number of ether oxygens (including phenoxy) is 8. The van der Waals surface area contributed by atoms with Gasteiger partial charge in [0.1, 0.15) is 93.9 Å². The second kappa shape index (κ2) is 44.5. The van der Waals surface area contributed by atoms with Crippen molar-refractivity contribution in [1.29, 1.82) is 0 Å². The van der Waals surface area contributed by atoms with Crippen molar-refractivity contribution < 1.29 is 115 Å². The van der Waals surface area contributed by atoms with E-state index in [1.165, 1.54) is 72.8 Å². The molecule has 1 aliphatic rings. The number of amides is 8. The van der Waals surface area contributed by atoms with Gasteiger partial charge in [0.05, 0.1) is 56.9 Å². The second-order valence-corrected chi connectivity index (χ2v) is 30.5. The molecule has 0 aromatic carbocycles. The predicted octanol–water partition coefficient (Wildman–Crippen LogP) is 0.0776. The molecule has 8 N–H and O–H groups in total. The summed E-state index contributed by atoms with van der Waals surface area (Å²) in [5, 5.41) is 19.8. The van der Waals surface area contributed by atoms with Gasteiger partial charge in [-0.2, -0.15) is 0 Å². The number of pyridine rings is 4. The minimum Gasteiger partial charge on any atom is -0.467 e. The van der Waals surface area contributed by atoms with Crippen LogP contribution in [0.1, 0.15) is 83.9 Å². The van der Waals surface area contributed by atoms with Gasteiger partial charge in [0.25, 0.3) is 47.3 Å². The molecular formula is C60H68N12O24S8. The Labute approximate surface area is 624 Å². The van der Waals surface area contributed by atoms with E-state index >= 15 is 0 Å².